The number of fused-ring (bicyclic) bond motifs is 1. The summed E-state index contributed by atoms with van der Waals surface area (Å²) in [7, 11) is 0. The monoisotopic (exact) mass is 381 g/mol. The van der Waals surface area contributed by atoms with Crippen LogP contribution in [0.2, 0.25) is 0 Å². The standard InChI is InChI=1S/C19H23N7O2/c1-13-18(23-24-22-13)19(28)25-8-4-5-14(11-25)9-20-17(27)12-26-16-7-3-2-6-15(16)10-21-26/h2-3,6-7,10,14H,4-5,8-9,11-12H2,1H3,(H,20,27)(H,22,23,24). The van der Waals surface area contributed by atoms with E-state index in [-0.39, 0.29) is 24.3 Å². The minimum atomic E-state index is -0.106. The quantitative estimate of drug-likeness (QED) is 0.689. The van der Waals surface area contributed by atoms with Crippen LogP contribution in [0.5, 0.6) is 0 Å². The largest absolute Gasteiger partial charge is 0.354 e. The molecule has 1 aliphatic heterocycles. The number of hydrogen-bond donors (Lipinski definition) is 2. The lowest BCUT2D eigenvalue weighted by Crippen LogP contribution is -2.44. The summed E-state index contributed by atoms with van der Waals surface area (Å²) in [5, 5.41) is 18.7. The molecule has 1 saturated heterocycles. The SMILES string of the molecule is Cc1n[nH]nc1C(=O)N1CCCC(CNC(=O)Cn2ncc3ccccc32)C1. The van der Waals surface area contributed by atoms with Gasteiger partial charge in [0, 0.05) is 25.0 Å². The van der Waals surface area contributed by atoms with Crippen molar-refractivity contribution in [2.24, 2.45) is 5.92 Å². The molecule has 1 atom stereocenters. The van der Waals surface area contributed by atoms with Crippen molar-refractivity contribution >= 4 is 22.7 Å². The van der Waals surface area contributed by atoms with Gasteiger partial charge in [-0.2, -0.15) is 20.5 Å². The lowest BCUT2D eigenvalue weighted by molar-refractivity contribution is -0.122. The number of aromatic amines is 1. The molecule has 146 valence electrons. The summed E-state index contributed by atoms with van der Waals surface area (Å²) in [4.78, 5) is 26.8. The molecule has 0 saturated carbocycles. The number of likely N-dealkylation sites (tertiary alicyclic amines) is 1. The Kier molecular flexibility index (Phi) is 5.05. The van der Waals surface area contributed by atoms with E-state index >= 15 is 0 Å². The maximum atomic E-state index is 12.6. The van der Waals surface area contributed by atoms with Gasteiger partial charge in [0.05, 0.1) is 17.4 Å². The molecule has 9 heteroatoms. The van der Waals surface area contributed by atoms with Gasteiger partial charge in [0.2, 0.25) is 5.91 Å². The van der Waals surface area contributed by atoms with Gasteiger partial charge in [0.15, 0.2) is 5.69 Å². The number of nitrogens with one attached hydrogen (secondary N) is 2. The van der Waals surface area contributed by atoms with Gasteiger partial charge in [-0.1, -0.05) is 18.2 Å². The van der Waals surface area contributed by atoms with Crippen LogP contribution in [0.25, 0.3) is 10.9 Å². The Balaban J connectivity index is 1.31. The zero-order chi connectivity index (χ0) is 19.5. The van der Waals surface area contributed by atoms with Gasteiger partial charge in [-0.25, -0.2) is 0 Å². The second-order valence-corrected chi connectivity index (χ2v) is 7.18. The van der Waals surface area contributed by atoms with Gasteiger partial charge in [0.1, 0.15) is 6.54 Å². The average Bonchev–Trinajstić information content (AvgIpc) is 3.32. The molecule has 3 heterocycles. The Labute approximate surface area is 162 Å². The molecule has 0 aliphatic carbocycles. The molecule has 3 aromatic rings. The first-order chi connectivity index (χ1) is 13.6. The Morgan fingerprint density at radius 2 is 2.14 bits per heavy atom. The highest BCUT2D eigenvalue weighted by Crippen LogP contribution is 2.18. The van der Waals surface area contributed by atoms with E-state index in [1.165, 1.54) is 0 Å². The molecule has 1 aromatic carbocycles. The van der Waals surface area contributed by atoms with E-state index < -0.39 is 0 Å². The summed E-state index contributed by atoms with van der Waals surface area (Å²) >= 11 is 0. The number of amides is 2. The van der Waals surface area contributed by atoms with Crippen LogP contribution in [0.4, 0.5) is 0 Å². The fourth-order valence-corrected chi connectivity index (χ4v) is 3.65. The Morgan fingerprint density at radius 1 is 1.29 bits per heavy atom. The smallest absolute Gasteiger partial charge is 0.276 e. The van der Waals surface area contributed by atoms with E-state index in [9.17, 15) is 9.59 Å². The van der Waals surface area contributed by atoms with Gasteiger partial charge >= 0.3 is 0 Å². The minimum Gasteiger partial charge on any atom is -0.354 e. The number of carbonyl (C=O) groups is 2. The van der Waals surface area contributed by atoms with Crippen LogP contribution < -0.4 is 5.32 Å². The fourth-order valence-electron chi connectivity index (χ4n) is 3.65. The number of aryl methyl sites for hydroxylation is 1. The van der Waals surface area contributed by atoms with Crippen LogP contribution in [0.15, 0.2) is 30.5 Å². The zero-order valence-corrected chi connectivity index (χ0v) is 15.8. The summed E-state index contributed by atoms with van der Waals surface area (Å²) in [6.07, 6.45) is 3.65. The van der Waals surface area contributed by atoms with Crippen LogP contribution >= 0.6 is 0 Å². The number of benzene rings is 1. The number of aromatic nitrogens is 5. The highest BCUT2D eigenvalue weighted by Gasteiger charge is 2.27. The first kappa shape index (κ1) is 18.1. The molecular formula is C19H23N7O2. The van der Waals surface area contributed by atoms with Crippen molar-refractivity contribution < 1.29 is 9.59 Å². The van der Waals surface area contributed by atoms with E-state index in [1.54, 1.807) is 22.7 Å². The van der Waals surface area contributed by atoms with Crippen LogP contribution in [0, 0.1) is 12.8 Å². The second-order valence-electron chi connectivity index (χ2n) is 7.18. The zero-order valence-electron chi connectivity index (χ0n) is 15.8. The van der Waals surface area contributed by atoms with Gasteiger partial charge in [0.25, 0.3) is 5.91 Å². The maximum Gasteiger partial charge on any atom is 0.276 e. The predicted molar refractivity (Wildman–Crippen MR) is 102 cm³/mol. The number of H-pyrrole nitrogens is 1. The maximum absolute atomic E-state index is 12.6. The van der Waals surface area contributed by atoms with Gasteiger partial charge in [-0.05, 0) is 31.7 Å². The molecule has 4 rings (SSSR count). The van der Waals surface area contributed by atoms with Crippen LogP contribution in [-0.4, -0.2) is 61.5 Å². The van der Waals surface area contributed by atoms with Crippen LogP contribution in [0.1, 0.15) is 29.0 Å². The van der Waals surface area contributed by atoms with Crippen molar-refractivity contribution in [2.75, 3.05) is 19.6 Å². The molecule has 28 heavy (non-hydrogen) atoms. The van der Waals surface area contributed by atoms with Crippen LogP contribution in [-0.2, 0) is 11.3 Å². The second kappa shape index (κ2) is 7.79. The van der Waals surface area contributed by atoms with E-state index in [2.05, 4.69) is 25.8 Å². The number of hydrogen-bond acceptors (Lipinski definition) is 5. The van der Waals surface area contributed by atoms with E-state index in [1.807, 2.05) is 24.3 Å². The molecule has 0 spiro atoms. The Hall–Kier alpha value is -3.23. The van der Waals surface area contributed by atoms with Gasteiger partial charge in [-0.3, -0.25) is 14.3 Å². The predicted octanol–water partition coefficient (Wildman–Crippen LogP) is 1.13. The van der Waals surface area contributed by atoms with Gasteiger partial charge in [-0.15, -0.1) is 0 Å². The topological polar surface area (TPSA) is 109 Å². The van der Waals surface area contributed by atoms with Gasteiger partial charge < -0.3 is 10.2 Å². The number of para-hydroxylation sites is 1. The Morgan fingerprint density at radius 3 is 2.96 bits per heavy atom. The summed E-state index contributed by atoms with van der Waals surface area (Å²) < 4.78 is 1.70. The highest BCUT2D eigenvalue weighted by atomic mass is 16.2. The first-order valence-electron chi connectivity index (χ1n) is 9.45. The molecule has 0 bridgehead atoms. The van der Waals surface area contributed by atoms with E-state index in [0.29, 0.717) is 31.0 Å². The molecule has 1 unspecified atom stereocenters. The number of nitrogens with zero attached hydrogens (tertiary/aromatic N) is 5. The molecule has 9 nitrogen and oxygen atoms in total. The van der Waals surface area contributed by atoms with Crippen molar-refractivity contribution in [3.63, 3.8) is 0 Å². The van der Waals surface area contributed by atoms with Crippen molar-refractivity contribution in [3.05, 3.63) is 41.9 Å². The molecular weight excluding hydrogens is 358 g/mol. The molecule has 1 aliphatic rings. The highest BCUT2D eigenvalue weighted by molar-refractivity contribution is 5.93. The van der Waals surface area contributed by atoms with E-state index in [4.69, 9.17) is 0 Å². The Bertz CT molecular complexity index is 993. The van der Waals surface area contributed by atoms with Crippen LogP contribution in [0.3, 0.4) is 0 Å². The molecule has 1 fully saturated rings. The summed E-state index contributed by atoms with van der Waals surface area (Å²) in [6.45, 7) is 3.79. The van der Waals surface area contributed by atoms with Crippen molar-refractivity contribution in [2.45, 2.75) is 26.3 Å². The fraction of sp³-hybridized carbons (Fsp3) is 0.421. The lowest BCUT2D eigenvalue weighted by atomic mass is 9.97. The van der Waals surface area contributed by atoms with Crippen molar-refractivity contribution in [1.82, 2.24) is 35.4 Å². The third-order valence-corrected chi connectivity index (χ3v) is 5.16. The summed E-state index contributed by atoms with van der Waals surface area (Å²) in [5.74, 6) is 0.0400. The third kappa shape index (κ3) is 3.73. The third-order valence-electron chi connectivity index (χ3n) is 5.16. The molecule has 2 aromatic heterocycles. The number of rotatable bonds is 5. The molecule has 2 N–H and O–H groups in total. The first-order valence-corrected chi connectivity index (χ1v) is 9.45. The molecule has 2 amide bonds. The average molecular weight is 381 g/mol. The lowest BCUT2D eigenvalue weighted by Gasteiger charge is -2.32. The number of piperidine rings is 1. The van der Waals surface area contributed by atoms with Crippen molar-refractivity contribution in [1.29, 1.82) is 0 Å². The molecule has 0 radical (unpaired) electrons. The number of carbonyl (C=O) groups excluding carboxylic acids is 2. The normalized spacial score (nSPS) is 17.0. The summed E-state index contributed by atoms with van der Waals surface area (Å²) in [6, 6.07) is 7.81. The van der Waals surface area contributed by atoms with Crippen molar-refractivity contribution in [3.8, 4) is 0 Å². The minimum absolute atomic E-state index is 0.0790. The van der Waals surface area contributed by atoms with E-state index in [0.717, 1.165) is 23.7 Å². The summed E-state index contributed by atoms with van der Waals surface area (Å²) in [5.41, 5.74) is 1.91.